The summed E-state index contributed by atoms with van der Waals surface area (Å²) in [5.74, 6) is -1.68. The summed E-state index contributed by atoms with van der Waals surface area (Å²) in [5.41, 5.74) is 2.20. The van der Waals surface area contributed by atoms with Crippen molar-refractivity contribution in [3.63, 3.8) is 0 Å². The van der Waals surface area contributed by atoms with E-state index in [2.05, 4.69) is 27.8 Å². The van der Waals surface area contributed by atoms with Crippen LogP contribution in [0.3, 0.4) is 0 Å². The summed E-state index contributed by atoms with van der Waals surface area (Å²) < 4.78 is 19.1. The van der Waals surface area contributed by atoms with Gasteiger partial charge in [-0.3, -0.25) is 4.79 Å². The number of aromatic nitrogens is 1. The number of carboxylic acid groups (broad SMARTS) is 1. The Morgan fingerprint density at radius 2 is 2.09 bits per heavy atom. The maximum atomic E-state index is 13.5. The minimum atomic E-state index is -1.19. The van der Waals surface area contributed by atoms with Crippen molar-refractivity contribution < 1.29 is 23.8 Å². The fourth-order valence-corrected chi connectivity index (χ4v) is 3.71. The molecule has 0 saturated heterocycles. The molecule has 0 aliphatic carbocycles. The molecule has 2 aromatic rings. The lowest BCUT2D eigenvalue weighted by molar-refractivity contribution is -0.139. The van der Waals surface area contributed by atoms with Crippen molar-refractivity contribution in [2.45, 2.75) is 44.6 Å². The van der Waals surface area contributed by atoms with Crippen molar-refractivity contribution in [3.05, 3.63) is 58.0 Å². The van der Waals surface area contributed by atoms with Gasteiger partial charge in [0, 0.05) is 31.9 Å². The number of ether oxygens (including phenoxy) is 1. The number of amides is 1. The number of aryl methyl sites for hydroxylation is 2. The molecule has 1 aromatic carbocycles. The molecule has 0 fully saturated rings. The maximum absolute atomic E-state index is 13.5. The molecule has 9 heteroatoms. The zero-order valence-electron chi connectivity index (χ0n) is 17.7. The molecule has 3 N–H and O–H groups in total. The van der Waals surface area contributed by atoms with E-state index in [1.807, 2.05) is 0 Å². The van der Waals surface area contributed by atoms with Crippen molar-refractivity contribution in [2.75, 3.05) is 25.1 Å². The Labute approximate surface area is 191 Å². The zero-order valence-corrected chi connectivity index (χ0v) is 18.5. The average Bonchev–Trinajstić information content (AvgIpc) is 2.79. The summed E-state index contributed by atoms with van der Waals surface area (Å²) in [4.78, 5) is 28.4. The monoisotopic (exact) mass is 463 g/mol. The minimum Gasteiger partial charge on any atom is -0.480 e. The predicted octanol–water partition coefficient (Wildman–Crippen LogP) is 3.84. The Kier molecular flexibility index (Phi) is 8.81. The summed E-state index contributed by atoms with van der Waals surface area (Å²) in [6.45, 7) is 1.62. The number of carbonyl (C=O) groups is 2. The van der Waals surface area contributed by atoms with E-state index in [0.717, 1.165) is 56.2 Å². The fraction of sp³-hybridized carbons (Fsp3) is 0.435. The Hall–Kier alpha value is -2.71. The molecule has 0 unspecified atom stereocenters. The molecule has 0 radical (unpaired) electrons. The lowest BCUT2D eigenvalue weighted by Gasteiger charge is -2.17. The van der Waals surface area contributed by atoms with Gasteiger partial charge in [0.1, 0.15) is 17.7 Å². The number of unbranched alkanes of at least 4 members (excludes halogenated alkanes) is 1. The van der Waals surface area contributed by atoms with E-state index < -0.39 is 23.7 Å². The number of hydrogen-bond donors (Lipinski definition) is 3. The number of aliphatic carboxylic acids is 1. The standard InChI is InChI=1S/C23H27ClFN3O4/c24-20-17(7-3-8-18(20)25)22(29)28-19(23(30)31)11-14-32-13-2-1-6-16-10-9-15-5-4-12-26-21(15)27-16/h3,7-10,19H,1-2,4-6,11-14H2,(H,26,27)(H,28,29)(H,30,31)/t19-/m0/s1. The van der Waals surface area contributed by atoms with Crippen molar-refractivity contribution in [2.24, 2.45) is 0 Å². The third-order valence-electron chi connectivity index (χ3n) is 5.27. The van der Waals surface area contributed by atoms with Crippen LogP contribution in [-0.4, -0.2) is 47.8 Å². The van der Waals surface area contributed by atoms with E-state index in [9.17, 15) is 19.1 Å². The van der Waals surface area contributed by atoms with Crippen molar-refractivity contribution in [1.82, 2.24) is 10.3 Å². The van der Waals surface area contributed by atoms with Crippen LogP contribution in [0.5, 0.6) is 0 Å². The normalized spacial score (nSPS) is 13.7. The largest absolute Gasteiger partial charge is 0.480 e. The first-order valence-corrected chi connectivity index (χ1v) is 11.1. The highest BCUT2D eigenvalue weighted by Gasteiger charge is 2.22. The fourth-order valence-electron chi connectivity index (χ4n) is 3.49. The van der Waals surface area contributed by atoms with Gasteiger partial charge < -0.3 is 20.5 Å². The SMILES string of the molecule is O=C(N[C@@H](CCOCCCCc1ccc2c(n1)NCCC2)C(=O)O)c1cccc(F)c1Cl. The van der Waals surface area contributed by atoms with E-state index >= 15 is 0 Å². The number of halogens is 2. The number of fused-ring (bicyclic) bond motifs is 1. The molecular weight excluding hydrogens is 437 g/mol. The lowest BCUT2D eigenvalue weighted by Crippen LogP contribution is -2.41. The highest BCUT2D eigenvalue weighted by Crippen LogP contribution is 2.21. The van der Waals surface area contributed by atoms with E-state index in [1.54, 1.807) is 0 Å². The molecule has 0 spiro atoms. The number of benzene rings is 1. The average molecular weight is 464 g/mol. The number of pyridine rings is 1. The summed E-state index contributed by atoms with van der Waals surface area (Å²) in [7, 11) is 0. The molecule has 7 nitrogen and oxygen atoms in total. The zero-order chi connectivity index (χ0) is 22.9. The minimum absolute atomic E-state index is 0.0893. The van der Waals surface area contributed by atoms with Gasteiger partial charge in [0.25, 0.3) is 5.91 Å². The molecule has 2 heterocycles. The van der Waals surface area contributed by atoms with Gasteiger partial charge in [0.2, 0.25) is 0 Å². The van der Waals surface area contributed by atoms with Crippen molar-refractivity contribution in [1.29, 1.82) is 0 Å². The smallest absolute Gasteiger partial charge is 0.326 e. The molecule has 172 valence electrons. The van der Waals surface area contributed by atoms with Gasteiger partial charge in [0.15, 0.2) is 0 Å². The third-order valence-corrected chi connectivity index (χ3v) is 5.66. The molecule has 0 bridgehead atoms. The quantitative estimate of drug-likeness (QED) is 0.438. The molecule has 3 rings (SSSR count). The van der Waals surface area contributed by atoms with Crippen molar-refractivity contribution >= 4 is 29.3 Å². The van der Waals surface area contributed by atoms with Crippen LogP contribution in [0.25, 0.3) is 0 Å². The highest BCUT2D eigenvalue weighted by atomic mass is 35.5. The summed E-state index contributed by atoms with van der Waals surface area (Å²) in [6.07, 6.45) is 4.86. The van der Waals surface area contributed by atoms with Crippen LogP contribution in [0.15, 0.2) is 30.3 Å². The Morgan fingerprint density at radius 3 is 2.91 bits per heavy atom. The number of nitrogens with one attached hydrogen (secondary N) is 2. The van der Waals surface area contributed by atoms with Gasteiger partial charge in [-0.15, -0.1) is 0 Å². The van der Waals surface area contributed by atoms with Gasteiger partial charge in [-0.25, -0.2) is 14.2 Å². The molecule has 32 heavy (non-hydrogen) atoms. The number of rotatable bonds is 11. The van der Waals surface area contributed by atoms with E-state index in [4.69, 9.17) is 16.3 Å². The lowest BCUT2D eigenvalue weighted by atomic mass is 10.1. The van der Waals surface area contributed by atoms with Crippen LogP contribution >= 0.6 is 11.6 Å². The molecule has 1 aliphatic heterocycles. The van der Waals surface area contributed by atoms with E-state index in [1.165, 1.54) is 17.7 Å². The molecule has 1 atom stereocenters. The first kappa shape index (κ1) is 23.9. The van der Waals surface area contributed by atoms with Gasteiger partial charge >= 0.3 is 5.97 Å². The molecule has 0 saturated carbocycles. The molecular formula is C23H27ClFN3O4. The highest BCUT2D eigenvalue weighted by molar-refractivity contribution is 6.34. The van der Waals surface area contributed by atoms with Crippen LogP contribution in [0.1, 0.15) is 47.3 Å². The molecule has 1 aromatic heterocycles. The van der Waals surface area contributed by atoms with E-state index in [0.29, 0.717) is 6.61 Å². The second-order valence-electron chi connectivity index (χ2n) is 7.66. The van der Waals surface area contributed by atoms with Crippen LogP contribution in [0.4, 0.5) is 10.2 Å². The number of carboxylic acids is 1. The topological polar surface area (TPSA) is 101 Å². The Balaban J connectivity index is 1.35. The summed E-state index contributed by atoms with van der Waals surface area (Å²) >= 11 is 5.79. The van der Waals surface area contributed by atoms with Gasteiger partial charge in [-0.05, 0) is 55.9 Å². The first-order chi connectivity index (χ1) is 15.5. The second-order valence-corrected chi connectivity index (χ2v) is 8.04. The van der Waals surface area contributed by atoms with Gasteiger partial charge in [0.05, 0.1) is 10.6 Å². The third kappa shape index (κ3) is 6.64. The van der Waals surface area contributed by atoms with Gasteiger partial charge in [-0.1, -0.05) is 23.7 Å². The predicted molar refractivity (Wildman–Crippen MR) is 120 cm³/mol. The number of anilines is 1. The summed E-state index contributed by atoms with van der Waals surface area (Å²) in [5, 5.41) is 14.7. The van der Waals surface area contributed by atoms with Gasteiger partial charge in [-0.2, -0.15) is 0 Å². The second kappa shape index (κ2) is 11.8. The number of hydrogen-bond acceptors (Lipinski definition) is 5. The Morgan fingerprint density at radius 1 is 1.25 bits per heavy atom. The molecule has 1 amide bonds. The molecule has 1 aliphatic rings. The van der Waals surface area contributed by atoms with Crippen LogP contribution in [0, 0.1) is 5.82 Å². The van der Waals surface area contributed by atoms with Crippen LogP contribution in [-0.2, 0) is 22.4 Å². The van der Waals surface area contributed by atoms with Crippen molar-refractivity contribution in [3.8, 4) is 0 Å². The summed E-state index contributed by atoms with van der Waals surface area (Å²) in [6, 6.07) is 6.85. The number of carbonyl (C=O) groups excluding carboxylic acids is 1. The van der Waals surface area contributed by atoms with E-state index in [-0.39, 0.29) is 23.6 Å². The Bertz CT molecular complexity index is 957. The van der Waals surface area contributed by atoms with Crippen LogP contribution in [0.2, 0.25) is 5.02 Å². The first-order valence-electron chi connectivity index (χ1n) is 10.7. The maximum Gasteiger partial charge on any atom is 0.326 e. The number of nitrogens with zero attached hydrogens (tertiary/aromatic N) is 1. The van der Waals surface area contributed by atoms with Crippen LogP contribution < -0.4 is 10.6 Å².